The predicted octanol–water partition coefficient (Wildman–Crippen LogP) is 2.98. The van der Waals surface area contributed by atoms with Crippen LogP contribution in [0.4, 0.5) is 0 Å². The molecule has 0 spiro atoms. The van der Waals surface area contributed by atoms with E-state index >= 15 is 0 Å². The largest absolute Gasteiger partial charge is 0.267 e. The summed E-state index contributed by atoms with van der Waals surface area (Å²) in [7, 11) is -0.0322. The summed E-state index contributed by atoms with van der Waals surface area (Å²) >= 11 is 0. The smallest absolute Gasteiger partial charge is 0.0509 e. The molecule has 0 bridgehead atoms. The molecule has 0 amide bonds. The molecule has 0 saturated carbocycles. The summed E-state index contributed by atoms with van der Waals surface area (Å²) in [5.74, 6) is 0. The second kappa shape index (κ2) is 4.34. The maximum absolute atomic E-state index is 2.37. The minimum absolute atomic E-state index is 0.0322. The minimum atomic E-state index is -0.0322. The molecule has 0 saturated heterocycles. The third-order valence-corrected chi connectivity index (χ3v) is 3.01. The van der Waals surface area contributed by atoms with E-state index in [1.807, 2.05) is 0 Å². The highest BCUT2D eigenvalue weighted by Gasteiger charge is 1.87. The molecular formula is C10H15Si-. The fourth-order valence-corrected chi connectivity index (χ4v) is 1.83. The molecular weight excluding hydrogens is 148 g/mol. The topological polar surface area (TPSA) is 0 Å². The van der Waals surface area contributed by atoms with Gasteiger partial charge in [0.1, 0.15) is 0 Å². The van der Waals surface area contributed by atoms with Crippen LogP contribution in [0, 0.1) is 0 Å². The Kier molecular flexibility index (Phi) is 3.37. The van der Waals surface area contributed by atoms with Crippen molar-refractivity contribution >= 4 is 8.80 Å². The van der Waals surface area contributed by atoms with Gasteiger partial charge in [-0.05, 0) is 0 Å². The van der Waals surface area contributed by atoms with Crippen molar-refractivity contribution in [3.05, 3.63) is 35.9 Å². The quantitative estimate of drug-likeness (QED) is 0.601. The zero-order valence-corrected chi connectivity index (χ0v) is 8.30. The molecule has 0 heterocycles. The normalized spacial score (nSPS) is 10.5. The first kappa shape index (κ1) is 8.53. The molecule has 1 rings (SSSR count). The van der Waals surface area contributed by atoms with Crippen molar-refractivity contribution in [1.29, 1.82) is 0 Å². The summed E-state index contributed by atoms with van der Waals surface area (Å²) < 4.78 is 0. The van der Waals surface area contributed by atoms with Crippen LogP contribution in [-0.2, 0) is 6.42 Å². The Hall–Kier alpha value is -0.563. The van der Waals surface area contributed by atoms with Crippen LogP contribution in [-0.4, -0.2) is 8.80 Å². The summed E-state index contributed by atoms with van der Waals surface area (Å²) in [6, 6.07) is 12.1. The minimum Gasteiger partial charge on any atom is -0.267 e. The van der Waals surface area contributed by atoms with Crippen molar-refractivity contribution in [2.75, 3.05) is 0 Å². The summed E-state index contributed by atoms with van der Waals surface area (Å²) in [4.78, 5) is 0. The van der Waals surface area contributed by atoms with Gasteiger partial charge >= 0.3 is 0 Å². The van der Waals surface area contributed by atoms with E-state index in [0.29, 0.717) is 0 Å². The first-order valence-electron chi connectivity index (χ1n) is 4.12. The molecule has 0 nitrogen and oxygen atoms in total. The van der Waals surface area contributed by atoms with Crippen LogP contribution >= 0.6 is 0 Å². The van der Waals surface area contributed by atoms with E-state index in [1.54, 1.807) is 0 Å². The van der Waals surface area contributed by atoms with Gasteiger partial charge in [0.15, 0.2) is 0 Å². The van der Waals surface area contributed by atoms with Gasteiger partial charge in [-0.2, -0.15) is 19.1 Å². The second-order valence-electron chi connectivity index (χ2n) is 3.19. The van der Waals surface area contributed by atoms with Crippen LogP contribution in [0.1, 0.15) is 5.56 Å². The van der Waals surface area contributed by atoms with Gasteiger partial charge in [-0.15, -0.1) is 0 Å². The van der Waals surface area contributed by atoms with Crippen LogP contribution in [0.3, 0.4) is 0 Å². The van der Waals surface area contributed by atoms with E-state index in [-0.39, 0.29) is 8.80 Å². The number of benzene rings is 1. The Labute approximate surface area is 70.9 Å². The van der Waals surface area contributed by atoms with Gasteiger partial charge in [-0.1, -0.05) is 42.3 Å². The number of aryl methyl sites for hydroxylation is 1. The SMILES string of the molecule is C[Si-](C)CCc1ccccc1. The lowest BCUT2D eigenvalue weighted by Crippen LogP contribution is -2.00. The third-order valence-electron chi connectivity index (χ3n) is 1.76. The lowest BCUT2D eigenvalue weighted by atomic mass is 10.2. The van der Waals surface area contributed by atoms with E-state index in [4.69, 9.17) is 0 Å². The molecule has 11 heavy (non-hydrogen) atoms. The second-order valence-corrected chi connectivity index (χ2v) is 6.11. The molecule has 60 valence electrons. The molecule has 1 aromatic rings. The highest BCUT2D eigenvalue weighted by atomic mass is 28.3. The highest BCUT2D eigenvalue weighted by molar-refractivity contribution is 6.55. The Morgan fingerprint density at radius 3 is 2.27 bits per heavy atom. The van der Waals surface area contributed by atoms with Gasteiger partial charge in [0.2, 0.25) is 0 Å². The summed E-state index contributed by atoms with van der Waals surface area (Å²) in [6.45, 7) is 4.74. The van der Waals surface area contributed by atoms with E-state index in [1.165, 1.54) is 18.0 Å². The van der Waals surface area contributed by atoms with E-state index in [0.717, 1.165) is 0 Å². The Morgan fingerprint density at radius 1 is 1.09 bits per heavy atom. The van der Waals surface area contributed by atoms with Crippen LogP contribution in [0.15, 0.2) is 30.3 Å². The molecule has 0 aromatic heterocycles. The molecule has 0 aliphatic rings. The lowest BCUT2D eigenvalue weighted by Gasteiger charge is -2.14. The maximum atomic E-state index is 2.37. The molecule has 0 aliphatic heterocycles. The number of hydrogen-bond donors (Lipinski definition) is 0. The van der Waals surface area contributed by atoms with Crippen LogP contribution in [0.5, 0.6) is 0 Å². The van der Waals surface area contributed by atoms with E-state index in [9.17, 15) is 0 Å². The van der Waals surface area contributed by atoms with Crippen LogP contribution in [0.25, 0.3) is 0 Å². The Balaban J connectivity index is 2.39. The van der Waals surface area contributed by atoms with Gasteiger partial charge in [-0.25, -0.2) is 0 Å². The number of hydrogen-bond acceptors (Lipinski definition) is 0. The van der Waals surface area contributed by atoms with Gasteiger partial charge in [0.05, 0.1) is 0 Å². The Bertz CT molecular complexity index is 191. The fourth-order valence-electron chi connectivity index (χ4n) is 1.04. The molecule has 1 heteroatoms. The highest BCUT2D eigenvalue weighted by Crippen LogP contribution is 2.04. The predicted molar refractivity (Wildman–Crippen MR) is 52.4 cm³/mol. The van der Waals surface area contributed by atoms with Gasteiger partial charge in [0.25, 0.3) is 0 Å². The fraction of sp³-hybridized carbons (Fsp3) is 0.400. The van der Waals surface area contributed by atoms with E-state index in [2.05, 4.69) is 43.4 Å². The van der Waals surface area contributed by atoms with Gasteiger partial charge in [0, 0.05) is 0 Å². The van der Waals surface area contributed by atoms with Crippen molar-refractivity contribution in [1.82, 2.24) is 0 Å². The molecule has 0 unspecified atom stereocenters. The average molecular weight is 163 g/mol. The molecule has 0 radical (unpaired) electrons. The Morgan fingerprint density at radius 2 is 1.73 bits per heavy atom. The van der Waals surface area contributed by atoms with Crippen LogP contribution < -0.4 is 0 Å². The average Bonchev–Trinajstić information content (AvgIpc) is 2.03. The first-order valence-corrected chi connectivity index (χ1v) is 6.82. The van der Waals surface area contributed by atoms with Gasteiger partial charge in [-0.3, -0.25) is 8.80 Å². The van der Waals surface area contributed by atoms with Crippen molar-refractivity contribution in [3.8, 4) is 0 Å². The van der Waals surface area contributed by atoms with Crippen molar-refractivity contribution in [2.24, 2.45) is 0 Å². The third kappa shape index (κ3) is 3.37. The van der Waals surface area contributed by atoms with Gasteiger partial charge < -0.3 is 0 Å². The maximum Gasteiger partial charge on any atom is -0.0509 e. The number of rotatable bonds is 3. The van der Waals surface area contributed by atoms with E-state index < -0.39 is 0 Å². The monoisotopic (exact) mass is 163 g/mol. The van der Waals surface area contributed by atoms with Crippen molar-refractivity contribution in [2.45, 2.75) is 25.6 Å². The standard InChI is InChI=1S/C10H15Si/c1-11(2)9-8-10-6-4-3-5-7-10/h3-7H,8-9H2,1-2H3/q-1. The lowest BCUT2D eigenvalue weighted by molar-refractivity contribution is 1.11. The van der Waals surface area contributed by atoms with Crippen molar-refractivity contribution < 1.29 is 0 Å². The first-order chi connectivity index (χ1) is 5.29. The van der Waals surface area contributed by atoms with Crippen LogP contribution in [0.2, 0.25) is 19.1 Å². The molecule has 0 fully saturated rings. The zero-order valence-electron chi connectivity index (χ0n) is 7.30. The summed E-state index contributed by atoms with van der Waals surface area (Å²) in [6.07, 6.45) is 1.27. The zero-order chi connectivity index (χ0) is 8.10. The molecule has 1 aromatic carbocycles. The molecule has 0 N–H and O–H groups in total. The summed E-state index contributed by atoms with van der Waals surface area (Å²) in [5, 5.41) is 0. The van der Waals surface area contributed by atoms with Crippen molar-refractivity contribution in [3.63, 3.8) is 0 Å². The molecule has 0 atom stereocenters. The molecule has 0 aliphatic carbocycles. The summed E-state index contributed by atoms with van der Waals surface area (Å²) in [5.41, 5.74) is 1.48.